The molecule has 1 saturated heterocycles. The smallest absolute Gasteiger partial charge is 0.295 e. The highest BCUT2D eigenvalue weighted by molar-refractivity contribution is 6.46. The van der Waals surface area contributed by atoms with E-state index >= 15 is 0 Å². The summed E-state index contributed by atoms with van der Waals surface area (Å²) in [4.78, 5) is 27.1. The van der Waals surface area contributed by atoms with E-state index in [0.717, 1.165) is 0 Å². The van der Waals surface area contributed by atoms with Crippen molar-refractivity contribution in [3.05, 3.63) is 63.1 Å². The van der Waals surface area contributed by atoms with Crippen LogP contribution in [-0.4, -0.2) is 54.2 Å². The molecule has 164 valence electrons. The third-order valence-corrected chi connectivity index (χ3v) is 5.61. The number of ether oxygens (including phenoxy) is 2. The van der Waals surface area contributed by atoms with Gasteiger partial charge in [-0.3, -0.25) is 9.59 Å². The van der Waals surface area contributed by atoms with E-state index in [4.69, 9.17) is 32.7 Å². The number of nitrogens with zero attached hydrogens (tertiary/aromatic N) is 1. The Hall–Kier alpha value is -2.74. The van der Waals surface area contributed by atoms with Crippen LogP contribution in [0.3, 0.4) is 0 Å². The van der Waals surface area contributed by atoms with E-state index in [-0.39, 0.29) is 34.2 Å². The first kappa shape index (κ1) is 22.9. The van der Waals surface area contributed by atoms with Crippen molar-refractivity contribution in [3.63, 3.8) is 0 Å². The van der Waals surface area contributed by atoms with Crippen LogP contribution in [0.2, 0.25) is 10.0 Å². The van der Waals surface area contributed by atoms with Crippen LogP contribution in [0.15, 0.2) is 42.0 Å². The van der Waals surface area contributed by atoms with Gasteiger partial charge in [0.15, 0.2) is 0 Å². The SMILES string of the molecule is COCCCN1C(=O)C(=O)/C(=C(\O)c2ccc(Cl)c(OC)c2)C1c1ccc(O)c(Cl)c1. The van der Waals surface area contributed by atoms with Crippen LogP contribution in [0.4, 0.5) is 0 Å². The molecular formula is C22H21Cl2NO6. The first-order valence-corrected chi connectivity index (χ1v) is 10.2. The predicted molar refractivity (Wildman–Crippen MR) is 117 cm³/mol. The van der Waals surface area contributed by atoms with Crippen LogP contribution >= 0.6 is 23.2 Å². The molecule has 31 heavy (non-hydrogen) atoms. The Morgan fingerprint density at radius 2 is 1.84 bits per heavy atom. The Bertz CT molecular complexity index is 1050. The summed E-state index contributed by atoms with van der Waals surface area (Å²) in [6, 6.07) is 8.03. The molecule has 1 aliphatic rings. The normalized spacial score (nSPS) is 17.9. The number of carbonyl (C=O) groups is 2. The monoisotopic (exact) mass is 465 g/mol. The number of hydrogen-bond acceptors (Lipinski definition) is 6. The van der Waals surface area contributed by atoms with Gasteiger partial charge in [0.25, 0.3) is 11.7 Å². The second kappa shape index (κ2) is 9.60. The maximum Gasteiger partial charge on any atom is 0.295 e. The lowest BCUT2D eigenvalue weighted by molar-refractivity contribution is -0.140. The summed E-state index contributed by atoms with van der Waals surface area (Å²) in [6.07, 6.45) is 0.487. The van der Waals surface area contributed by atoms with E-state index in [0.29, 0.717) is 29.4 Å². The molecule has 2 aromatic carbocycles. The van der Waals surface area contributed by atoms with Gasteiger partial charge in [-0.25, -0.2) is 0 Å². The van der Waals surface area contributed by atoms with Gasteiger partial charge in [0.05, 0.1) is 28.8 Å². The van der Waals surface area contributed by atoms with Crippen LogP contribution in [0.5, 0.6) is 11.5 Å². The largest absolute Gasteiger partial charge is 0.507 e. The fourth-order valence-electron chi connectivity index (χ4n) is 3.49. The maximum atomic E-state index is 12.9. The number of amides is 1. The first-order chi connectivity index (χ1) is 14.8. The summed E-state index contributed by atoms with van der Waals surface area (Å²) in [5.41, 5.74) is 0.654. The molecule has 0 aromatic heterocycles. The van der Waals surface area contributed by atoms with Crippen molar-refractivity contribution in [1.82, 2.24) is 4.90 Å². The highest BCUT2D eigenvalue weighted by atomic mass is 35.5. The third-order valence-electron chi connectivity index (χ3n) is 5.00. The van der Waals surface area contributed by atoms with E-state index in [1.165, 1.54) is 42.3 Å². The van der Waals surface area contributed by atoms with Gasteiger partial charge in [0.1, 0.15) is 17.3 Å². The molecule has 1 aliphatic heterocycles. The highest BCUT2D eigenvalue weighted by Gasteiger charge is 2.46. The lowest BCUT2D eigenvalue weighted by Gasteiger charge is -2.25. The van der Waals surface area contributed by atoms with Crippen molar-refractivity contribution < 1.29 is 29.3 Å². The van der Waals surface area contributed by atoms with E-state index in [1.54, 1.807) is 13.2 Å². The minimum absolute atomic E-state index is 0.0631. The highest BCUT2D eigenvalue weighted by Crippen LogP contribution is 2.41. The Morgan fingerprint density at radius 1 is 1.10 bits per heavy atom. The van der Waals surface area contributed by atoms with Crippen molar-refractivity contribution in [3.8, 4) is 11.5 Å². The molecule has 2 aromatic rings. The molecule has 0 saturated carbocycles. The van der Waals surface area contributed by atoms with Crippen molar-refractivity contribution in [2.45, 2.75) is 12.5 Å². The molecule has 3 rings (SSSR count). The second-order valence-corrected chi connectivity index (χ2v) is 7.71. The van der Waals surface area contributed by atoms with E-state index in [9.17, 15) is 19.8 Å². The Labute approximate surface area is 189 Å². The maximum absolute atomic E-state index is 12.9. The number of halogens is 2. The molecule has 1 amide bonds. The van der Waals surface area contributed by atoms with Gasteiger partial charge in [-0.2, -0.15) is 0 Å². The number of ketones is 1. The van der Waals surface area contributed by atoms with Crippen molar-refractivity contribution in [2.24, 2.45) is 0 Å². The van der Waals surface area contributed by atoms with Gasteiger partial charge in [0, 0.05) is 25.8 Å². The molecule has 1 unspecified atom stereocenters. The zero-order valence-electron chi connectivity index (χ0n) is 16.9. The van der Waals surface area contributed by atoms with Crippen molar-refractivity contribution >= 4 is 40.7 Å². The van der Waals surface area contributed by atoms with Crippen LogP contribution < -0.4 is 4.74 Å². The minimum Gasteiger partial charge on any atom is -0.507 e. The number of carbonyl (C=O) groups excluding carboxylic acids is 2. The number of aliphatic hydroxyl groups excluding tert-OH is 1. The molecule has 7 nitrogen and oxygen atoms in total. The second-order valence-electron chi connectivity index (χ2n) is 6.90. The molecule has 1 atom stereocenters. The molecule has 1 heterocycles. The van der Waals surface area contributed by atoms with Crippen LogP contribution in [0.25, 0.3) is 5.76 Å². The summed E-state index contributed by atoms with van der Waals surface area (Å²) >= 11 is 12.1. The third kappa shape index (κ3) is 4.49. The lowest BCUT2D eigenvalue weighted by Crippen LogP contribution is -2.31. The summed E-state index contributed by atoms with van der Waals surface area (Å²) in [5.74, 6) is -1.75. The molecule has 2 N–H and O–H groups in total. The Kier molecular flexibility index (Phi) is 7.10. The van der Waals surface area contributed by atoms with E-state index in [1.807, 2.05) is 0 Å². The summed E-state index contributed by atoms with van der Waals surface area (Å²) in [6.45, 7) is 0.614. The summed E-state index contributed by atoms with van der Waals surface area (Å²) in [5, 5.41) is 21.2. The van der Waals surface area contributed by atoms with Crippen molar-refractivity contribution in [1.29, 1.82) is 0 Å². The zero-order chi connectivity index (χ0) is 22.7. The molecule has 0 aliphatic carbocycles. The topological polar surface area (TPSA) is 96.3 Å². The fraction of sp³-hybridized carbons (Fsp3) is 0.273. The number of aromatic hydroxyl groups is 1. The number of aliphatic hydroxyl groups is 1. The average molecular weight is 466 g/mol. The summed E-state index contributed by atoms with van der Waals surface area (Å²) in [7, 11) is 2.97. The number of likely N-dealkylation sites (tertiary alicyclic amines) is 1. The molecule has 0 radical (unpaired) electrons. The zero-order valence-corrected chi connectivity index (χ0v) is 18.4. The van der Waals surface area contributed by atoms with Crippen LogP contribution in [0, 0.1) is 0 Å². The number of benzene rings is 2. The minimum atomic E-state index is -0.892. The van der Waals surface area contributed by atoms with Gasteiger partial charge in [-0.05, 0) is 42.3 Å². The molecule has 9 heteroatoms. The lowest BCUT2D eigenvalue weighted by atomic mass is 9.95. The van der Waals surface area contributed by atoms with Gasteiger partial charge in [-0.15, -0.1) is 0 Å². The van der Waals surface area contributed by atoms with Gasteiger partial charge >= 0.3 is 0 Å². The summed E-state index contributed by atoms with van der Waals surface area (Å²) < 4.78 is 10.2. The number of phenols is 1. The average Bonchev–Trinajstić information content (AvgIpc) is 3.00. The van der Waals surface area contributed by atoms with Crippen LogP contribution in [-0.2, 0) is 14.3 Å². The standard InChI is InChI=1S/C22H21Cl2NO6/c1-30-9-3-8-25-19(12-5-7-16(26)15(24)10-12)18(21(28)22(25)29)20(27)13-4-6-14(23)17(11-13)31-2/h4-7,10-11,19,26-27H,3,8-9H2,1-2H3/b20-18-. The van der Waals surface area contributed by atoms with E-state index in [2.05, 4.69) is 0 Å². The number of phenolic OH excluding ortho intramolecular Hbond substituents is 1. The van der Waals surface area contributed by atoms with Gasteiger partial charge < -0.3 is 24.6 Å². The number of hydrogen-bond donors (Lipinski definition) is 2. The number of Topliss-reactive ketones (excluding diaryl/α,β-unsaturated/α-hetero) is 1. The molecule has 1 fully saturated rings. The number of methoxy groups -OCH3 is 2. The molecule has 0 bridgehead atoms. The Morgan fingerprint density at radius 3 is 2.48 bits per heavy atom. The molecular weight excluding hydrogens is 445 g/mol. The predicted octanol–water partition coefficient (Wildman–Crippen LogP) is 4.17. The number of rotatable bonds is 7. The van der Waals surface area contributed by atoms with E-state index < -0.39 is 17.7 Å². The Balaban J connectivity index is 2.17. The van der Waals surface area contributed by atoms with Gasteiger partial charge in [0.2, 0.25) is 0 Å². The van der Waals surface area contributed by atoms with Crippen LogP contribution in [0.1, 0.15) is 23.6 Å². The quantitative estimate of drug-likeness (QED) is 0.275. The van der Waals surface area contributed by atoms with Crippen molar-refractivity contribution in [2.75, 3.05) is 27.4 Å². The van der Waals surface area contributed by atoms with Gasteiger partial charge in [-0.1, -0.05) is 29.3 Å². The fourth-order valence-corrected chi connectivity index (χ4v) is 3.88. The first-order valence-electron chi connectivity index (χ1n) is 9.39. The molecule has 0 spiro atoms.